The van der Waals surface area contributed by atoms with Crippen LogP contribution in [0.1, 0.15) is 11.1 Å². The lowest BCUT2D eigenvalue weighted by Gasteiger charge is -1.99. The summed E-state index contributed by atoms with van der Waals surface area (Å²) in [5, 5.41) is 8.50. The molecule has 0 aliphatic carbocycles. The van der Waals surface area contributed by atoms with Crippen molar-refractivity contribution in [1.82, 2.24) is 10.3 Å². The van der Waals surface area contributed by atoms with E-state index in [4.69, 9.17) is 22.2 Å². The molecule has 0 saturated heterocycles. The molecule has 6 heteroatoms. The zero-order chi connectivity index (χ0) is 23.3. The lowest BCUT2D eigenvalue weighted by atomic mass is 10.0. The van der Waals surface area contributed by atoms with Crippen LogP contribution in [0.4, 0.5) is 0 Å². The quantitative estimate of drug-likeness (QED) is 0.262. The average Bonchev–Trinajstić information content (AvgIpc) is 3.56. The Hall–Kier alpha value is -4.94. The van der Waals surface area contributed by atoms with Crippen molar-refractivity contribution >= 4 is 0 Å². The predicted molar refractivity (Wildman–Crippen MR) is 129 cm³/mol. The first-order valence-corrected chi connectivity index (χ1v) is 10.6. The van der Waals surface area contributed by atoms with E-state index in [9.17, 15) is 0 Å². The summed E-state index contributed by atoms with van der Waals surface area (Å²) < 4.78 is 11.2. The number of rotatable bonds is 6. The maximum absolute atomic E-state index is 7.07. The van der Waals surface area contributed by atoms with E-state index in [2.05, 4.69) is 20.0 Å². The first kappa shape index (κ1) is 20.9. The molecule has 0 bridgehead atoms. The van der Waals surface area contributed by atoms with E-state index in [0.717, 1.165) is 33.4 Å². The smallest absolute Gasteiger partial charge is 0.239 e. The molecular formula is C28H18N4O2. The molecule has 0 fully saturated rings. The fraction of sp³-hybridized carbons (Fsp3) is 0.0714. The number of benzene rings is 3. The third-order valence-corrected chi connectivity index (χ3v) is 5.42. The Morgan fingerprint density at radius 2 is 1.00 bits per heavy atom. The Bertz CT molecular complexity index is 1440. The molecule has 3 aromatic carbocycles. The molecule has 0 amide bonds. The summed E-state index contributed by atoms with van der Waals surface area (Å²) in [5.74, 6) is 1.30. The van der Waals surface area contributed by atoms with Crippen molar-refractivity contribution in [2.75, 3.05) is 0 Å². The van der Waals surface area contributed by atoms with E-state index in [1.807, 2.05) is 84.9 Å². The number of hydrogen-bond donors (Lipinski definition) is 0. The summed E-state index contributed by atoms with van der Waals surface area (Å²) >= 11 is 0. The van der Waals surface area contributed by atoms with Crippen LogP contribution in [0.25, 0.3) is 54.9 Å². The molecule has 34 heavy (non-hydrogen) atoms. The van der Waals surface area contributed by atoms with Gasteiger partial charge in [0, 0.05) is 45.5 Å². The van der Waals surface area contributed by atoms with Gasteiger partial charge < -0.3 is 18.7 Å². The molecule has 2 heterocycles. The van der Waals surface area contributed by atoms with Gasteiger partial charge in [-0.15, -0.1) is 0 Å². The van der Waals surface area contributed by atoms with Crippen molar-refractivity contribution in [3.05, 3.63) is 119 Å². The monoisotopic (exact) mass is 442 g/mol. The molecule has 0 atom stereocenters. The molecule has 0 unspecified atom stereocenters. The van der Waals surface area contributed by atoms with E-state index < -0.39 is 0 Å². The van der Waals surface area contributed by atoms with E-state index in [-0.39, 0.29) is 0 Å². The molecule has 0 radical (unpaired) electrons. The first-order chi connectivity index (χ1) is 16.7. The molecule has 0 aliphatic rings. The molecule has 162 valence electrons. The highest BCUT2D eigenvalue weighted by Crippen LogP contribution is 2.31. The van der Waals surface area contributed by atoms with E-state index in [1.165, 1.54) is 0 Å². The lowest BCUT2D eigenvalue weighted by Crippen LogP contribution is -1.82. The van der Waals surface area contributed by atoms with Crippen LogP contribution in [0, 0.1) is 13.1 Å². The molecule has 0 N–H and O–H groups in total. The van der Waals surface area contributed by atoms with Gasteiger partial charge in [0.2, 0.25) is 13.1 Å². The topological polar surface area (TPSA) is 60.8 Å². The van der Waals surface area contributed by atoms with Crippen LogP contribution < -0.4 is 0 Å². The maximum Gasteiger partial charge on any atom is 0.239 e. The highest BCUT2D eigenvalue weighted by atomic mass is 16.5. The molecule has 0 aliphatic heterocycles. The highest BCUT2D eigenvalue weighted by Gasteiger charge is 2.13. The Morgan fingerprint density at radius 3 is 1.47 bits per heavy atom. The molecular weight excluding hydrogens is 424 g/mol. The first-order valence-electron chi connectivity index (χ1n) is 10.6. The van der Waals surface area contributed by atoms with E-state index in [0.29, 0.717) is 36.0 Å². The standard InChI is InChI=1S/C28H18N4O2/c1-29-17-19-6-3-10-23(12-19)27-15-25(31-33-27)21-8-5-9-22(14-21)26-16-28(34-32-26)24-11-4-7-20(13-24)18-30-2/h3-16H,17-18H2. The van der Waals surface area contributed by atoms with E-state index in [1.54, 1.807) is 0 Å². The summed E-state index contributed by atoms with van der Waals surface area (Å²) in [6.07, 6.45) is 0. The second kappa shape index (κ2) is 9.28. The zero-order valence-electron chi connectivity index (χ0n) is 18.1. The fourth-order valence-electron chi connectivity index (χ4n) is 3.76. The van der Waals surface area contributed by atoms with Crippen molar-refractivity contribution in [2.24, 2.45) is 0 Å². The van der Waals surface area contributed by atoms with Crippen LogP contribution in [0.3, 0.4) is 0 Å². The number of hydrogen-bond acceptors (Lipinski definition) is 4. The van der Waals surface area contributed by atoms with Gasteiger partial charge in [0.15, 0.2) is 11.5 Å². The van der Waals surface area contributed by atoms with Gasteiger partial charge in [-0.1, -0.05) is 64.9 Å². The Kier molecular flexibility index (Phi) is 5.71. The van der Waals surface area contributed by atoms with Crippen LogP contribution in [-0.4, -0.2) is 10.3 Å². The van der Waals surface area contributed by atoms with Gasteiger partial charge in [0.05, 0.1) is 0 Å². The van der Waals surface area contributed by atoms with Gasteiger partial charge in [-0.25, -0.2) is 13.1 Å². The second-order valence-corrected chi connectivity index (χ2v) is 7.77. The molecule has 0 saturated carbocycles. The summed E-state index contributed by atoms with van der Waals surface area (Å²) in [6, 6.07) is 27.1. The minimum absolute atomic E-state index is 0.334. The molecule has 0 spiro atoms. The summed E-state index contributed by atoms with van der Waals surface area (Å²) in [5.41, 5.74) is 6.87. The normalized spacial score (nSPS) is 10.5. The van der Waals surface area contributed by atoms with Crippen LogP contribution >= 0.6 is 0 Å². The average molecular weight is 442 g/mol. The van der Waals surface area contributed by atoms with Crippen LogP contribution in [0.2, 0.25) is 0 Å². The summed E-state index contributed by atoms with van der Waals surface area (Å²) in [7, 11) is 0. The zero-order valence-corrected chi connectivity index (χ0v) is 18.1. The van der Waals surface area contributed by atoms with Crippen molar-refractivity contribution in [3.63, 3.8) is 0 Å². The number of aromatic nitrogens is 2. The van der Waals surface area contributed by atoms with Crippen LogP contribution in [-0.2, 0) is 13.1 Å². The second-order valence-electron chi connectivity index (χ2n) is 7.77. The van der Waals surface area contributed by atoms with Gasteiger partial charge >= 0.3 is 0 Å². The minimum Gasteiger partial charge on any atom is -0.356 e. The van der Waals surface area contributed by atoms with Gasteiger partial charge in [0.1, 0.15) is 11.4 Å². The maximum atomic E-state index is 7.07. The molecule has 2 aromatic heterocycles. The van der Waals surface area contributed by atoms with Crippen molar-refractivity contribution in [1.29, 1.82) is 0 Å². The SMILES string of the molecule is [C-]#[N+]Cc1cccc(-c2cc(-c3cccc(-c4cc(-c5cccc(C[N+]#[C-])c5)on4)c3)no2)c1. The largest absolute Gasteiger partial charge is 0.356 e. The molecule has 5 aromatic rings. The van der Waals surface area contributed by atoms with Crippen molar-refractivity contribution in [2.45, 2.75) is 13.1 Å². The molecule has 5 rings (SSSR count). The highest BCUT2D eigenvalue weighted by molar-refractivity contribution is 5.73. The third-order valence-electron chi connectivity index (χ3n) is 5.42. The minimum atomic E-state index is 0.334. The van der Waals surface area contributed by atoms with Gasteiger partial charge in [-0.2, -0.15) is 0 Å². The fourth-order valence-corrected chi connectivity index (χ4v) is 3.76. The Balaban J connectivity index is 1.41. The van der Waals surface area contributed by atoms with Gasteiger partial charge in [-0.05, 0) is 18.2 Å². The Morgan fingerprint density at radius 1 is 0.559 bits per heavy atom. The lowest BCUT2D eigenvalue weighted by molar-refractivity contribution is 0.434. The van der Waals surface area contributed by atoms with Gasteiger partial charge in [-0.3, -0.25) is 0 Å². The van der Waals surface area contributed by atoms with Crippen LogP contribution in [0.15, 0.2) is 94.0 Å². The van der Waals surface area contributed by atoms with E-state index >= 15 is 0 Å². The van der Waals surface area contributed by atoms with Gasteiger partial charge in [0.25, 0.3) is 0 Å². The third kappa shape index (κ3) is 4.34. The van der Waals surface area contributed by atoms with Crippen molar-refractivity contribution in [3.8, 4) is 45.2 Å². The predicted octanol–water partition coefficient (Wildman–Crippen LogP) is 7.17. The van der Waals surface area contributed by atoms with Crippen LogP contribution in [0.5, 0.6) is 0 Å². The summed E-state index contributed by atoms with van der Waals surface area (Å²) in [6.45, 7) is 14.8. The number of nitrogens with zero attached hydrogens (tertiary/aromatic N) is 4. The van der Waals surface area contributed by atoms with Crippen molar-refractivity contribution < 1.29 is 9.05 Å². The summed E-state index contributed by atoms with van der Waals surface area (Å²) in [4.78, 5) is 6.89. The molecule has 6 nitrogen and oxygen atoms in total. The Labute approximate surface area is 196 Å².